The average Bonchev–Trinajstić information content (AvgIpc) is 2.77. The molecule has 3 N–H and O–H groups in total. The molecule has 0 saturated heterocycles. The van der Waals surface area contributed by atoms with Gasteiger partial charge in [0.1, 0.15) is 0 Å². The Balaban J connectivity index is 1.76. The van der Waals surface area contributed by atoms with E-state index in [4.69, 9.17) is 0 Å². The molecule has 0 radical (unpaired) electrons. The summed E-state index contributed by atoms with van der Waals surface area (Å²) in [5.41, 5.74) is 2.00. The molecule has 3 rings (SSSR count). The van der Waals surface area contributed by atoms with Crippen LogP contribution in [-0.2, 0) is 20.2 Å². The molecule has 1 aliphatic heterocycles. The Hall–Kier alpha value is -2.87. The third kappa shape index (κ3) is 3.28. The van der Waals surface area contributed by atoms with Gasteiger partial charge in [0.2, 0.25) is 5.91 Å². The van der Waals surface area contributed by atoms with Crippen molar-refractivity contribution in [2.24, 2.45) is 0 Å². The number of benzene rings is 2. The number of urea groups is 1. The lowest BCUT2D eigenvalue weighted by Gasteiger charge is -2.16. The van der Waals surface area contributed by atoms with Crippen LogP contribution in [0.3, 0.4) is 0 Å². The van der Waals surface area contributed by atoms with E-state index in [9.17, 15) is 18.0 Å². The summed E-state index contributed by atoms with van der Waals surface area (Å²) in [6.07, 6.45) is 0. The van der Waals surface area contributed by atoms with E-state index in [0.717, 1.165) is 11.1 Å². The lowest BCUT2D eigenvalue weighted by molar-refractivity contribution is -0.119. The molecule has 0 fully saturated rings. The lowest BCUT2D eigenvalue weighted by atomic mass is 9.86. The summed E-state index contributed by atoms with van der Waals surface area (Å²) < 4.78 is 26.5. The molecule has 0 bridgehead atoms. The SMILES string of the molecule is Cc1ccc(S(=O)(=O)NC(=O)Nc2ccc3c(c2)C(C)(C)C(=O)N3)cc1. The van der Waals surface area contributed by atoms with Crippen molar-refractivity contribution < 1.29 is 18.0 Å². The summed E-state index contributed by atoms with van der Waals surface area (Å²) in [4.78, 5) is 24.1. The zero-order valence-electron chi connectivity index (χ0n) is 14.6. The van der Waals surface area contributed by atoms with Gasteiger partial charge in [0.05, 0.1) is 10.3 Å². The summed E-state index contributed by atoms with van der Waals surface area (Å²) in [7, 11) is -3.97. The number of amides is 3. The summed E-state index contributed by atoms with van der Waals surface area (Å²) >= 11 is 0. The fourth-order valence-corrected chi connectivity index (χ4v) is 3.61. The first kappa shape index (κ1) is 17.9. The Bertz CT molecular complexity index is 996. The molecule has 8 heteroatoms. The molecule has 0 atom stereocenters. The van der Waals surface area contributed by atoms with Crippen LogP contribution in [0.15, 0.2) is 47.4 Å². The van der Waals surface area contributed by atoms with Crippen molar-refractivity contribution in [3.8, 4) is 0 Å². The Morgan fingerprint density at radius 3 is 2.38 bits per heavy atom. The van der Waals surface area contributed by atoms with E-state index in [-0.39, 0.29) is 10.8 Å². The van der Waals surface area contributed by atoms with Crippen molar-refractivity contribution in [1.82, 2.24) is 4.72 Å². The molecular weight excluding hydrogens is 354 g/mol. The number of carbonyl (C=O) groups excluding carboxylic acids is 2. The quantitative estimate of drug-likeness (QED) is 0.769. The van der Waals surface area contributed by atoms with Crippen LogP contribution < -0.4 is 15.4 Å². The number of carbonyl (C=O) groups is 2. The van der Waals surface area contributed by atoms with Crippen LogP contribution in [0.25, 0.3) is 0 Å². The van der Waals surface area contributed by atoms with Gasteiger partial charge in [-0.25, -0.2) is 17.9 Å². The Morgan fingerprint density at radius 1 is 1.08 bits per heavy atom. The number of nitrogens with one attached hydrogen (secondary N) is 3. The molecule has 0 spiro atoms. The third-order valence-electron chi connectivity index (χ3n) is 4.32. The molecule has 0 aliphatic carbocycles. The Kier molecular flexibility index (Phi) is 4.23. The fourth-order valence-electron chi connectivity index (χ4n) is 2.70. The Morgan fingerprint density at radius 2 is 1.73 bits per heavy atom. The minimum atomic E-state index is -3.97. The van der Waals surface area contributed by atoms with Gasteiger partial charge in [-0.05, 0) is 56.7 Å². The van der Waals surface area contributed by atoms with E-state index in [2.05, 4.69) is 10.6 Å². The van der Waals surface area contributed by atoms with Crippen molar-refractivity contribution in [2.75, 3.05) is 10.6 Å². The molecule has 26 heavy (non-hydrogen) atoms. The molecule has 3 amide bonds. The summed E-state index contributed by atoms with van der Waals surface area (Å²) in [6.45, 7) is 5.39. The van der Waals surface area contributed by atoms with Crippen molar-refractivity contribution >= 4 is 33.3 Å². The van der Waals surface area contributed by atoms with Gasteiger partial charge in [-0.2, -0.15) is 0 Å². The van der Waals surface area contributed by atoms with E-state index in [1.807, 2.05) is 11.6 Å². The monoisotopic (exact) mass is 373 g/mol. The fraction of sp³-hybridized carbons (Fsp3) is 0.222. The van der Waals surface area contributed by atoms with Gasteiger partial charge in [0.25, 0.3) is 10.0 Å². The maximum atomic E-state index is 12.3. The van der Waals surface area contributed by atoms with Gasteiger partial charge >= 0.3 is 6.03 Å². The summed E-state index contributed by atoms with van der Waals surface area (Å²) in [5.74, 6) is -0.129. The molecule has 136 valence electrons. The van der Waals surface area contributed by atoms with Gasteiger partial charge in [-0.1, -0.05) is 17.7 Å². The van der Waals surface area contributed by atoms with Gasteiger partial charge in [0.15, 0.2) is 0 Å². The Labute approximate surface area is 151 Å². The van der Waals surface area contributed by atoms with E-state index in [0.29, 0.717) is 11.4 Å². The molecule has 2 aromatic rings. The highest BCUT2D eigenvalue weighted by molar-refractivity contribution is 7.90. The van der Waals surface area contributed by atoms with Gasteiger partial charge in [-0.15, -0.1) is 0 Å². The zero-order chi connectivity index (χ0) is 19.1. The normalized spacial score (nSPS) is 15.1. The first-order valence-corrected chi connectivity index (χ1v) is 9.44. The molecule has 0 unspecified atom stereocenters. The van der Waals surface area contributed by atoms with Crippen LogP contribution in [0, 0.1) is 6.92 Å². The maximum Gasteiger partial charge on any atom is 0.333 e. The zero-order valence-corrected chi connectivity index (χ0v) is 15.4. The third-order valence-corrected chi connectivity index (χ3v) is 5.67. The number of hydrogen-bond donors (Lipinski definition) is 3. The highest BCUT2D eigenvalue weighted by Gasteiger charge is 2.38. The van der Waals surface area contributed by atoms with Crippen molar-refractivity contribution in [2.45, 2.75) is 31.1 Å². The molecule has 0 aromatic heterocycles. The molecule has 2 aromatic carbocycles. The number of sulfonamides is 1. The highest BCUT2D eigenvalue weighted by atomic mass is 32.2. The first-order chi connectivity index (χ1) is 12.1. The van der Waals surface area contributed by atoms with Crippen LogP contribution in [0.2, 0.25) is 0 Å². The van der Waals surface area contributed by atoms with Crippen LogP contribution in [-0.4, -0.2) is 20.4 Å². The van der Waals surface area contributed by atoms with Crippen molar-refractivity contribution in [3.05, 3.63) is 53.6 Å². The summed E-state index contributed by atoms with van der Waals surface area (Å²) in [5, 5.41) is 5.26. The standard InChI is InChI=1S/C18H19N3O4S/c1-11-4-7-13(8-5-11)26(24,25)21-17(23)19-12-6-9-15-14(10-12)18(2,3)16(22)20-15/h4-10H,1-3H3,(H,20,22)(H2,19,21,23). The maximum absolute atomic E-state index is 12.3. The lowest BCUT2D eigenvalue weighted by Crippen LogP contribution is -2.34. The number of anilines is 2. The van der Waals surface area contributed by atoms with E-state index >= 15 is 0 Å². The van der Waals surface area contributed by atoms with Gasteiger partial charge in [0, 0.05) is 11.4 Å². The van der Waals surface area contributed by atoms with Crippen LogP contribution >= 0.6 is 0 Å². The van der Waals surface area contributed by atoms with Crippen molar-refractivity contribution in [1.29, 1.82) is 0 Å². The van der Waals surface area contributed by atoms with Crippen molar-refractivity contribution in [3.63, 3.8) is 0 Å². The second-order valence-corrected chi connectivity index (χ2v) is 8.39. The second-order valence-electron chi connectivity index (χ2n) is 6.71. The molecule has 0 saturated carbocycles. The van der Waals surface area contributed by atoms with E-state index in [1.165, 1.54) is 12.1 Å². The molecule has 1 aliphatic rings. The second kappa shape index (κ2) is 6.14. The average molecular weight is 373 g/mol. The predicted octanol–water partition coefficient (Wildman–Crippen LogP) is 2.74. The number of fused-ring (bicyclic) bond motifs is 1. The predicted molar refractivity (Wildman–Crippen MR) is 98.6 cm³/mol. The van der Waals surface area contributed by atoms with Crippen LogP contribution in [0.5, 0.6) is 0 Å². The number of hydrogen-bond acceptors (Lipinski definition) is 4. The van der Waals surface area contributed by atoms with Crippen LogP contribution in [0.1, 0.15) is 25.0 Å². The molecular formula is C18H19N3O4S. The first-order valence-electron chi connectivity index (χ1n) is 7.96. The molecule has 7 nitrogen and oxygen atoms in total. The van der Waals surface area contributed by atoms with Gasteiger partial charge in [-0.3, -0.25) is 4.79 Å². The van der Waals surface area contributed by atoms with Crippen LogP contribution in [0.4, 0.5) is 16.2 Å². The number of rotatable bonds is 3. The van der Waals surface area contributed by atoms with Gasteiger partial charge < -0.3 is 10.6 Å². The number of aryl methyl sites for hydroxylation is 1. The van der Waals surface area contributed by atoms with E-state index < -0.39 is 21.5 Å². The smallest absolute Gasteiger partial charge is 0.325 e. The minimum Gasteiger partial charge on any atom is -0.325 e. The largest absolute Gasteiger partial charge is 0.333 e. The topological polar surface area (TPSA) is 104 Å². The van der Waals surface area contributed by atoms with E-state index in [1.54, 1.807) is 44.2 Å². The minimum absolute atomic E-state index is 0.00290. The summed E-state index contributed by atoms with van der Waals surface area (Å²) in [6, 6.07) is 10.2. The highest BCUT2D eigenvalue weighted by Crippen LogP contribution is 2.38. The molecule has 1 heterocycles.